The van der Waals surface area contributed by atoms with Gasteiger partial charge in [-0.25, -0.2) is 4.98 Å². The average Bonchev–Trinajstić information content (AvgIpc) is 2.94. The zero-order valence-corrected chi connectivity index (χ0v) is 11.5. The van der Waals surface area contributed by atoms with Gasteiger partial charge in [0.1, 0.15) is 11.5 Å². The van der Waals surface area contributed by atoms with E-state index in [2.05, 4.69) is 44.0 Å². The Morgan fingerprint density at radius 3 is 2.95 bits per heavy atom. The van der Waals surface area contributed by atoms with Crippen molar-refractivity contribution in [1.82, 2.24) is 14.7 Å². The molecule has 4 heteroatoms. The Balaban J connectivity index is 1.69. The molecule has 19 heavy (non-hydrogen) atoms. The normalized spacial score (nSPS) is 17.2. The van der Waals surface area contributed by atoms with Crippen molar-refractivity contribution in [3.8, 4) is 0 Å². The second kappa shape index (κ2) is 5.61. The zero-order chi connectivity index (χ0) is 13.1. The molecule has 3 heterocycles. The maximum Gasteiger partial charge on any atom is 0.138 e. The maximum atomic E-state index is 4.36. The summed E-state index contributed by atoms with van der Waals surface area (Å²) < 4.78 is 2.19. The minimum Gasteiger partial charge on any atom is -0.358 e. The summed E-state index contributed by atoms with van der Waals surface area (Å²) in [5, 5.41) is 3.25. The number of pyridine rings is 1. The number of rotatable bonds is 4. The molecule has 4 nitrogen and oxygen atoms in total. The lowest BCUT2D eigenvalue weighted by Gasteiger charge is -2.33. The van der Waals surface area contributed by atoms with Gasteiger partial charge in [-0.2, -0.15) is 0 Å². The number of piperidine rings is 1. The van der Waals surface area contributed by atoms with Crippen LogP contribution in [-0.4, -0.2) is 36.1 Å². The molecule has 0 spiro atoms. The molecule has 1 aliphatic rings. The molecule has 0 aromatic carbocycles. The highest BCUT2D eigenvalue weighted by Crippen LogP contribution is 2.25. The molecule has 3 rings (SSSR count). The molecule has 0 radical (unpaired) electrons. The third kappa shape index (κ3) is 2.59. The van der Waals surface area contributed by atoms with E-state index in [1.807, 2.05) is 13.2 Å². The fourth-order valence-corrected chi connectivity index (χ4v) is 2.99. The first kappa shape index (κ1) is 12.5. The maximum absolute atomic E-state index is 4.36. The number of imidazole rings is 1. The van der Waals surface area contributed by atoms with Crippen LogP contribution in [0.3, 0.4) is 0 Å². The van der Waals surface area contributed by atoms with Crippen LogP contribution in [0.15, 0.2) is 30.6 Å². The second-order valence-electron chi connectivity index (χ2n) is 5.36. The summed E-state index contributed by atoms with van der Waals surface area (Å²) in [6.45, 7) is 3.46. The molecule has 1 N–H and O–H groups in total. The average molecular weight is 258 g/mol. The fourth-order valence-electron chi connectivity index (χ4n) is 2.99. The lowest BCUT2D eigenvalue weighted by molar-refractivity contribution is 0.376. The van der Waals surface area contributed by atoms with Crippen LogP contribution in [0.1, 0.15) is 19.3 Å². The van der Waals surface area contributed by atoms with Crippen LogP contribution >= 0.6 is 0 Å². The predicted molar refractivity (Wildman–Crippen MR) is 78.7 cm³/mol. The minimum absolute atomic E-state index is 0.880. The molecule has 2 aromatic rings. The molecule has 1 aliphatic heterocycles. The molecular weight excluding hydrogens is 236 g/mol. The van der Waals surface area contributed by atoms with Gasteiger partial charge in [-0.15, -0.1) is 0 Å². The molecule has 1 fully saturated rings. The van der Waals surface area contributed by atoms with Gasteiger partial charge in [0, 0.05) is 25.5 Å². The topological polar surface area (TPSA) is 32.6 Å². The van der Waals surface area contributed by atoms with Crippen molar-refractivity contribution in [2.75, 3.05) is 31.6 Å². The van der Waals surface area contributed by atoms with Crippen LogP contribution in [0.4, 0.5) is 5.82 Å². The summed E-state index contributed by atoms with van der Waals surface area (Å²) in [5.74, 6) is 2.16. The van der Waals surface area contributed by atoms with Crippen LogP contribution in [0.2, 0.25) is 0 Å². The van der Waals surface area contributed by atoms with E-state index in [4.69, 9.17) is 0 Å². The van der Waals surface area contributed by atoms with Crippen molar-refractivity contribution in [1.29, 1.82) is 0 Å². The summed E-state index contributed by atoms with van der Waals surface area (Å²) in [6.07, 6.45) is 7.83. The fraction of sp³-hybridized carbons (Fsp3) is 0.533. The van der Waals surface area contributed by atoms with Crippen molar-refractivity contribution in [3.05, 3.63) is 30.6 Å². The van der Waals surface area contributed by atoms with Crippen LogP contribution in [-0.2, 0) is 0 Å². The number of hydrogen-bond acceptors (Lipinski definition) is 3. The second-order valence-corrected chi connectivity index (χ2v) is 5.36. The SMILES string of the molecule is CNCCC1CCN(c2cccc3nccn23)CC1. The van der Waals surface area contributed by atoms with Gasteiger partial charge in [-0.05, 0) is 50.9 Å². The van der Waals surface area contributed by atoms with E-state index in [1.54, 1.807) is 0 Å². The smallest absolute Gasteiger partial charge is 0.138 e. The minimum atomic E-state index is 0.880. The van der Waals surface area contributed by atoms with Crippen molar-refractivity contribution < 1.29 is 0 Å². The first-order chi connectivity index (χ1) is 9.38. The molecule has 1 saturated heterocycles. The Hall–Kier alpha value is -1.55. The molecular formula is C15H22N4. The van der Waals surface area contributed by atoms with E-state index in [9.17, 15) is 0 Å². The summed E-state index contributed by atoms with van der Waals surface area (Å²) >= 11 is 0. The first-order valence-corrected chi connectivity index (χ1v) is 7.20. The van der Waals surface area contributed by atoms with Gasteiger partial charge in [0.15, 0.2) is 0 Å². The lowest BCUT2D eigenvalue weighted by Crippen LogP contribution is -2.35. The van der Waals surface area contributed by atoms with E-state index in [-0.39, 0.29) is 0 Å². The van der Waals surface area contributed by atoms with Crippen LogP contribution < -0.4 is 10.2 Å². The molecule has 2 aromatic heterocycles. The Morgan fingerprint density at radius 2 is 2.16 bits per heavy atom. The monoisotopic (exact) mass is 258 g/mol. The van der Waals surface area contributed by atoms with E-state index in [1.165, 1.54) is 25.1 Å². The lowest BCUT2D eigenvalue weighted by atomic mass is 9.93. The van der Waals surface area contributed by atoms with Gasteiger partial charge < -0.3 is 10.2 Å². The molecule has 0 aliphatic carbocycles. The Bertz CT molecular complexity index is 526. The predicted octanol–water partition coefficient (Wildman–Crippen LogP) is 2.16. The van der Waals surface area contributed by atoms with Gasteiger partial charge in [-0.3, -0.25) is 4.40 Å². The Morgan fingerprint density at radius 1 is 1.32 bits per heavy atom. The number of nitrogens with zero attached hydrogens (tertiary/aromatic N) is 3. The van der Waals surface area contributed by atoms with E-state index < -0.39 is 0 Å². The van der Waals surface area contributed by atoms with Gasteiger partial charge in [0.25, 0.3) is 0 Å². The van der Waals surface area contributed by atoms with Crippen LogP contribution in [0, 0.1) is 5.92 Å². The van der Waals surface area contributed by atoms with Gasteiger partial charge in [0.2, 0.25) is 0 Å². The molecule has 102 valence electrons. The van der Waals surface area contributed by atoms with Crippen LogP contribution in [0.5, 0.6) is 0 Å². The van der Waals surface area contributed by atoms with E-state index >= 15 is 0 Å². The largest absolute Gasteiger partial charge is 0.358 e. The number of fused-ring (bicyclic) bond motifs is 1. The summed E-state index contributed by atoms with van der Waals surface area (Å²) in [7, 11) is 2.04. The first-order valence-electron chi connectivity index (χ1n) is 7.20. The summed E-state index contributed by atoms with van der Waals surface area (Å²) in [5.41, 5.74) is 1.04. The highest BCUT2D eigenvalue weighted by molar-refractivity contribution is 5.51. The molecule has 0 atom stereocenters. The van der Waals surface area contributed by atoms with Crippen LogP contribution in [0.25, 0.3) is 5.65 Å². The van der Waals surface area contributed by atoms with E-state index in [0.29, 0.717) is 0 Å². The zero-order valence-electron chi connectivity index (χ0n) is 11.5. The van der Waals surface area contributed by atoms with Crippen molar-refractivity contribution >= 4 is 11.5 Å². The third-order valence-corrected chi connectivity index (χ3v) is 4.15. The number of anilines is 1. The van der Waals surface area contributed by atoms with Crippen molar-refractivity contribution in [2.24, 2.45) is 5.92 Å². The molecule has 0 unspecified atom stereocenters. The highest BCUT2D eigenvalue weighted by atomic mass is 15.2. The van der Waals surface area contributed by atoms with Crippen molar-refractivity contribution in [3.63, 3.8) is 0 Å². The van der Waals surface area contributed by atoms with Gasteiger partial charge >= 0.3 is 0 Å². The Labute approximate surface area is 114 Å². The standard InChI is InChI=1S/C15H22N4/c1-16-8-5-13-6-10-18(11-7-13)15-4-2-3-14-17-9-12-19(14)15/h2-4,9,12-13,16H,5-8,10-11H2,1H3. The summed E-state index contributed by atoms with van der Waals surface area (Å²) in [6, 6.07) is 6.36. The Kier molecular flexibility index (Phi) is 3.69. The highest BCUT2D eigenvalue weighted by Gasteiger charge is 2.20. The number of nitrogens with one attached hydrogen (secondary N) is 1. The van der Waals surface area contributed by atoms with E-state index in [0.717, 1.165) is 31.2 Å². The number of aromatic nitrogens is 2. The van der Waals surface area contributed by atoms with Gasteiger partial charge in [0.05, 0.1) is 0 Å². The quantitative estimate of drug-likeness (QED) is 0.912. The molecule has 0 saturated carbocycles. The number of hydrogen-bond donors (Lipinski definition) is 1. The third-order valence-electron chi connectivity index (χ3n) is 4.15. The molecule has 0 bridgehead atoms. The molecule has 0 amide bonds. The summed E-state index contributed by atoms with van der Waals surface area (Å²) in [4.78, 5) is 6.85. The van der Waals surface area contributed by atoms with Crippen molar-refractivity contribution in [2.45, 2.75) is 19.3 Å². The van der Waals surface area contributed by atoms with Gasteiger partial charge in [-0.1, -0.05) is 6.07 Å².